The second kappa shape index (κ2) is 5.61. The van der Waals surface area contributed by atoms with Gasteiger partial charge in [0.2, 0.25) is 0 Å². The Morgan fingerprint density at radius 1 is 1.53 bits per heavy atom. The van der Waals surface area contributed by atoms with Gasteiger partial charge >= 0.3 is 0 Å². The molecule has 2 atom stereocenters. The molecule has 1 saturated heterocycles. The number of aryl methyl sites for hydroxylation is 1. The highest BCUT2D eigenvalue weighted by Gasteiger charge is 2.34. The molecule has 0 aromatic heterocycles. The molecule has 1 aromatic carbocycles. The van der Waals surface area contributed by atoms with Gasteiger partial charge in [0, 0.05) is 19.3 Å². The van der Waals surface area contributed by atoms with Crippen molar-refractivity contribution in [3.63, 3.8) is 0 Å². The van der Waals surface area contributed by atoms with E-state index >= 15 is 0 Å². The Morgan fingerprint density at radius 2 is 2.26 bits per heavy atom. The summed E-state index contributed by atoms with van der Waals surface area (Å²) in [5.74, 6) is 0.369. The summed E-state index contributed by atoms with van der Waals surface area (Å²) >= 11 is 0. The van der Waals surface area contributed by atoms with Crippen molar-refractivity contribution in [1.82, 2.24) is 4.90 Å². The van der Waals surface area contributed by atoms with Crippen LogP contribution >= 0.6 is 0 Å². The lowest BCUT2D eigenvalue weighted by Crippen LogP contribution is -2.40. The Morgan fingerprint density at radius 3 is 2.89 bits per heavy atom. The number of nitrogens with one attached hydrogen (secondary N) is 1. The Balaban J connectivity index is 2.31. The molecule has 0 saturated carbocycles. The molecule has 1 aromatic rings. The fourth-order valence-corrected chi connectivity index (χ4v) is 2.75. The first-order valence-corrected chi connectivity index (χ1v) is 6.78. The number of likely N-dealkylation sites (tertiary alicyclic amines) is 1. The fourth-order valence-electron chi connectivity index (χ4n) is 2.75. The lowest BCUT2D eigenvalue weighted by Gasteiger charge is -2.26. The predicted octanol–water partition coefficient (Wildman–Crippen LogP) is 1.88. The van der Waals surface area contributed by atoms with Crippen LogP contribution in [0.25, 0.3) is 0 Å². The monoisotopic (exact) mass is 262 g/mol. The first-order chi connectivity index (χ1) is 9.08. The zero-order valence-corrected chi connectivity index (χ0v) is 11.8. The lowest BCUT2D eigenvalue weighted by atomic mass is 10.0. The maximum atomic E-state index is 12.7. The highest BCUT2D eigenvalue weighted by atomic mass is 16.3. The smallest absolute Gasteiger partial charge is 0.256 e. The molecule has 1 aliphatic heterocycles. The van der Waals surface area contributed by atoms with Crippen LogP contribution in [0.5, 0.6) is 0 Å². The Bertz CT molecular complexity index is 473. The third-order valence-corrected chi connectivity index (χ3v) is 4.01. The molecule has 4 nitrogen and oxygen atoms in total. The molecule has 1 amide bonds. The van der Waals surface area contributed by atoms with E-state index in [9.17, 15) is 9.90 Å². The molecule has 0 bridgehead atoms. The summed E-state index contributed by atoms with van der Waals surface area (Å²) in [5.41, 5.74) is 2.59. The van der Waals surface area contributed by atoms with Gasteiger partial charge in [-0.2, -0.15) is 0 Å². The average Bonchev–Trinajstić information content (AvgIpc) is 2.78. The summed E-state index contributed by atoms with van der Waals surface area (Å²) in [4.78, 5) is 14.5. The Hall–Kier alpha value is -1.55. The third-order valence-electron chi connectivity index (χ3n) is 4.01. The SMILES string of the molecule is CNc1ccc(C)cc1C(=O)N1CCC(C)C1CO. The lowest BCUT2D eigenvalue weighted by molar-refractivity contribution is 0.0649. The van der Waals surface area contributed by atoms with Crippen LogP contribution in [0.15, 0.2) is 18.2 Å². The minimum absolute atomic E-state index is 0.0106. The second-order valence-electron chi connectivity index (χ2n) is 5.31. The topological polar surface area (TPSA) is 52.6 Å². The highest BCUT2D eigenvalue weighted by molar-refractivity contribution is 6.00. The maximum Gasteiger partial charge on any atom is 0.256 e. The normalized spacial score (nSPS) is 22.6. The molecule has 1 heterocycles. The van der Waals surface area contributed by atoms with E-state index in [1.54, 1.807) is 4.90 Å². The third kappa shape index (κ3) is 2.59. The van der Waals surface area contributed by atoms with E-state index in [1.165, 1.54) is 0 Å². The molecule has 2 rings (SSSR count). The van der Waals surface area contributed by atoms with Gasteiger partial charge in [-0.15, -0.1) is 0 Å². The van der Waals surface area contributed by atoms with Gasteiger partial charge in [0.05, 0.1) is 18.2 Å². The van der Waals surface area contributed by atoms with Crippen LogP contribution in [0.1, 0.15) is 29.3 Å². The number of aliphatic hydroxyl groups is 1. The molecule has 2 N–H and O–H groups in total. The summed E-state index contributed by atoms with van der Waals surface area (Å²) in [5, 5.41) is 12.5. The van der Waals surface area contributed by atoms with Crippen LogP contribution in [-0.4, -0.2) is 42.2 Å². The van der Waals surface area contributed by atoms with Crippen molar-refractivity contribution in [1.29, 1.82) is 0 Å². The number of carbonyl (C=O) groups is 1. The molecule has 19 heavy (non-hydrogen) atoms. The van der Waals surface area contributed by atoms with Crippen molar-refractivity contribution in [2.45, 2.75) is 26.3 Å². The molecule has 0 spiro atoms. The zero-order valence-electron chi connectivity index (χ0n) is 11.8. The fraction of sp³-hybridized carbons (Fsp3) is 0.533. The number of nitrogens with zero attached hydrogens (tertiary/aromatic N) is 1. The second-order valence-corrected chi connectivity index (χ2v) is 5.31. The van der Waals surface area contributed by atoms with E-state index in [1.807, 2.05) is 32.2 Å². The highest BCUT2D eigenvalue weighted by Crippen LogP contribution is 2.27. The number of aliphatic hydroxyl groups excluding tert-OH is 1. The molecule has 104 valence electrons. The van der Waals surface area contributed by atoms with Gasteiger partial charge in [0.25, 0.3) is 5.91 Å². The molecule has 2 unspecified atom stereocenters. The first-order valence-electron chi connectivity index (χ1n) is 6.78. The van der Waals surface area contributed by atoms with Gasteiger partial charge in [0.15, 0.2) is 0 Å². The number of amides is 1. The van der Waals surface area contributed by atoms with E-state index in [-0.39, 0.29) is 18.6 Å². The number of carbonyl (C=O) groups excluding carboxylic acids is 1. The number of anilines is 1. The molecular formula is C15H22N2O2. The minimum atomic E-state index is -0.0577. The van der Waals surface area contributed by atoms with Crippen molar-refractivity contribution < 1.29 is 9.90 Å². The number of hydrogen-bond donors (Lipinski definition) is 2. The number of hydrogen-bond acceptors (Lipinski definition) is 3. The Kier molecular flexibility index (Phi) is 4.10. The standard InChI is InChI=1S/C15H22N2O2/c1-10-4-5-13(16-3)12(8-10)15(19)17-7-6-11(2)14(17)9-18/h4-5,8,11,14,16,18H,6-7,9H2,1-3H3. The van der Waals surface area contributed by atoms with Crippen LogP contribution in [0.4, 0.5) is 5.69 Å². The summed E-state index contributed by atoms with van der Waals surface area (Å²) in [6.07, 6.45) is 0.956. The number of rotatable bonds is 3. The van der Waals surface area contributed by atoms with Gasteiger partial charge in [-0.25, -0.2) is 0 Å². The van der Waals surface area contributed by atoms with Gasteiger partial charge in [-0.3, -0.25) is 4.79 Å². The molecule has 0 aliphatic carbocycles. The summed E-state index contributed by atoms with van der Waals surface area (Å²) < 4.78 is 0. The van der Waals surface area contributed by atoms with Gasteiger partial charge in [-0.1, -0.05) is 18.6 Å². The molecule has 4 heteroatoms. The van der Waals surface area contributed by atoms with Crippen molar-refractivity contribution in [2.75, 3.05) is 25.5 Å². The Labute approximate surface area is 114 Å². The number of benzene rings is 1. The largest absolute Gasteiger partial charge is 0.394 e. The van der Waals surface area contributed by atoms with Gasteiger partial charge < -0.3 is 15.3 Å². The van der Waals surface area contributed by atoms with Crippen LogP contribution < -0.4 is 5.32 Å². The van der Waals surface area contributed by atoms with E-state index in [4.69, 9.17) is 0 Å². The van der Waals surface area contributed by atoms with Crippen LogP contribution in [0, 0.1) is 12.8 Å². The van der Waals surface area contributed by atoms with E-state index in [2.05, 4.69) is 12.2 Å². The summed E-state index contributed by atoms with van der Waals surface area (Å²) in [7, 11) is 1.82. The van der Waals surface area contributed by atoms with E-state index < -0.39 is 0 Å². The molecule has 0 radical (unpaired) electrons. The maximum absolute atomic E-state index is 12.7. The van der Waals surface area contributed by atoms with Crippen molar-refractivity contribution >= 4 is 11.6 Å². The van der Waals surface area contributed by atoms with Crippen molar-refractivity contribution in [2.24, 2.45) is 5.92 Å². The van der Waals surface area contributed by atoms with Crippen LogP contribution in [0.2, 0.25) is 0 Å². The quantitative estimate of drug-likeness (QED) is 0.874. The summed E-state index contributed by atoms with van der Waals surface area (Å²) in [6, 6.07) is 5.76. The van der Waals surface area contributed by atoms with E-state index in [0.717, 1.165) is 24.2 Å². The van der Waals surface area contributed by atoms with Gasteiger partial charge in [-0.05, 0) is 31.4 Å². The van der Waals surface area contributed by atoms with Crippen molar-refractivity contribution in [3.05, 3.63) is 29.3 Å². The average molecular weight is 262 g/mol. The van der Waals surface area contributed by atoms with Crippen molar-refractivity contribution in [3.8, 4) is 0 Å². The van der Waals surface area contributed by atoms with Crippen LogP contribution in [-0.2, 0) is 0 Å². The van der Waals surface area contributed by atoms with Gasteiger partial charge in [0.1, 0.15) is 0 Å². The first kappa shape index (κ1) is 13.9. The summed E-state index contributed by atoms with van der Waals surface area (Å²) in [6.45, 7) is 4.83. The van der Waals surface area contributed by atoms with Crippen LogP contribution in [0.3, 0.4) is 0 Å². The molecule has 1 fully saturated rings. The van der Waals surface area contributed by atoms with E-state index in [0.29, 0.717) is 11.5 Å². The predicted molar refractivity (Wildman–Crippen MR) is 76.4 cm³/mol. The molecular weight excluding hydrogens is 240 g/mol. The molecule has 1 aliphatic rings. The zero-order chi connectivity index (χ0) is 14.0. The minimum Gasteiger partial charge on any atom is -0.394 e.